The molecule has 0 aliphatic carbocycles. The van der Waals surface area contributed by atoms with Crippen molar-refractivity contribution in [1.82, 2.24) is 9.78 Å². The fraction of sp³-hybridized carbons (Fsp3) is 0.353. The van der Waals surface area contributed by atoms with Crippen molar-refractivity contribution in [3.05, 3.63) is 51.8 Å². The van der Waals surface area contributed by atoms with Gasteiger partial charge in [-0.2, -0.15) is 5.10 Å². The van der Waals surface area contributed by atoms with Gasteiger partial charge in [0, 0.05) is 24.6 Å². The average Bonchev–Trinajstić information content (AvgIpc) is 2.48. The van der Waals surface area contributed by atoms with Gasteiger partial charge in [0.15, 0.2) is 0 Å². The van der Waals surface area contributed by atoms with Gasteiger partial charge in [0.05, 0.1) is 5.69 Å². The van der Waals surface area contributed by atoms with Crippen LogP contribution >= 0.6 is 0 Å². The number of carboxylic acids is 1. The highest BCUT2D eigenvalue weighted by Gasteiger charge is 2.10. The Morgan fingerprint density at radius 2 is 1.91 bits per heavy atom. The monoisotopic (exact) mass is 300 g/mol. The normalized spacial score (nSPS) is 10.9. The van der Waals surface area contributed by atoms with Crippen LogP contribution in [0.5, 0.6) is 0 Å². The second-order valence-corrected chi connectivity index (χ2v) is 5.65. The highest BCUT2D eigenvalue weighted by molar-refractivity contribution is 5.67. The lowest BCUT2D eigenvalue weighted by molar-refractivity contribution is -0.136. The average molecular weight is 300 g/mol. The van der Waals surface area contributed by atoms with Crippen LogP contribution in [-0.4, -0.2) is 20.9 Å². The number of aromatic nitrogens is 2. The molecule has 2 rings (SSSR count). The molecule has 2 aromatic rings. The first-order chi connectivity index (χ1) is 10.4. The zero-order valence-electron chi connectivity index (χ0n) is 13.0. The number of carboxylic acid groups (broad SMARTS) is 1. The van der Waals surface area contributed by atoms with Crippen molar-refractivity contribution in [2.45, 2.75) is 32.6 Å². The molecule has 5 heteroatoms. The Hall–Kier alpha value is -2.43. The molecule has 1 aromatic carbocycles. The maximum atomic E-state index is 12.0. The zero-order chi connectivity index (χ0) is 16.3. The van der Waals surface area contributed by atoms with Crippen LogP contribution in [0.3, 0.4) is 0 Å². The summed E-state index contributed by atoms with van der Waals surface area (Å²) in [6.07, 6.45) is 0.145. The van der Waals surface area contributed by atoms with Gasteiger partial charge in [-0.15, -0.1) is 0 Å². The van der Waals surface area contributed by atoms with Crippen LogP contribution < -0.4 is 5.56 Å². The summed E-state index contributed by atoms with van der Waals surface area (Å²) >= 11 is 0. The summed E-state index contributed by atoms with van der Waals surface area (Å²) in [6.45, 7) is 4.26. The topological polar surface area (TPSA) is 72.2 Å². The number of nitrogens with zero attached hydrogens (tertiary/aromatic N) is 2. The van der Waals surface area contributed by atoms with E-state index in [2.05, 4.69) is 18.9 Å². The van der Waals surface area contributed by atoms with Crippen molar-refractivity contribution in [3.63, 3.8) is 0 Å². The lowest BCUT2D eigenvalue weighted by atomic mass is 10.00. The van der Waals surface area contributed by atoms with Gasteiger partial charge in [-0.1, -0.05) is 38.1 Å². The summed E-state index contributed by atoms with van der Waals surface area (Å²) in [4.78, 5) is 22.7. The molecule has 116 valence electrons. The van der Waals surface area contributed by atoms with Gasteiger partial charge in [0.1, 0.15) is 0 Å². The highest BCUT2D eigenvalue weighted by atomic mass is 16.4. The Balaban J connectivity index is 2.38. The molecular weight excluding hydrogens is 280 g/mol. The Kier molecular flexibility index (Phi) is 4.75. The molecule has 0 aliphatic heterocycles. The number of rotatable bonds is 5. The molecular formula is C17H20N2O3. The van der Waals surface area contributed by atoms with Crippen LogP contribution in [0.1, 0.15) is 37.3 Å². The van der Waals surface area contributed by atoms with E-state index in [0.717, 1.165) is 5.56 Å². The molecule has 5 nitrogen and oxygen atoms in total. The van der Waals surface area contributed by atoms with E-state index in [9.17, 15) is 9.59 Å². The summed E-state index contributed by atoms with van der Waals surface area (Å²) in [5, 5.41) is 13.0. The van der Waals surface area contributed by atoms with Gasteiger partial charge in [-0.3, -0.25) is 9.59 Å². The van der Waals surface area contributed by atoms with Crippen LogP contribution in [0.15, 0.2) is 35.1 Å². The van der Waals surface area contributed by atoms with Crippen LogP contribution in [0.25, 0.3) is 11.3 Å². The van der Waals surface area contributed by atoms with Crippen LogP contribution in [0, 0.1) is 0 Å². The van der Waals surface area contributed by atoms with E-state index >= 15 is 0 Å². The van der Waals surface area contributed by atoms with E-state index in [0.29, 0.717) is 17.2 Å². The predicted molar refractivity (Wildman–Crippen MR) is 85.0 cm³/mol. The molecule has 0 aliphatic rings. The third-order valence-electron chi connectivity index (χ3n) is 3.62. The fourth-order valence-corrected chi connectivity index (χ4v) is 2.27. The van der Waals surface area contributed by atoms with Crippen LogP contribution in [0.4, 0.5) is 0 Å². The zero-order valence-corrected chi connectivity index (χ0v) is 13.0. The first kappa shape index (κ1) is 15.9. The molecule has 0 saturated heterocycles. The molecule has 0 bridgehead atoms. The molecule has 22 heavy (non-hydrogen) atoms. The SMILES string of the molecule is CC(C)c1ccc(-c2cc(CCC(=O)O)c(=O)n(C)n2)cc1. The van der Waals surface area contributed by atoms with E-state index in [1.807, 2.05) is 24.3 Å². The van der Waals surface area contributed by atoms with Crippen molar-refractivity contribution in [3.8, 4) is 11.3 Å². The molecule has 0 saturated carbocycles. The molecule has 0 unspecified atom stereocenters. The van der Waals surface area contributed by atoms with E-state index < -0.39 is 5.97 Å². The van der Waals surface area contributed by atoms with Crippen molar-refractivity contribution in [2.24, 2.45) is 7.05 Å². The molecule has 0 atom stereocenters. The lowest BCUT2D eigenvalue weighted by Crippen LogP contribution is -2.24. The van der Waals surface area contributed by atoms with Gasteiger partial charge >= 0.3 is 5.97 Å². The number of aliphatic carboxylic acids is 1. The minimum atomic E-state index is -0.915. The summed E-state index contributed by atoms with van der Waals surface area (Å²) in [5.41, 5.74) is 3.06. The highest BCUT2D eigenvalue weighted by Crippen LogP contribution is 2.21. The van der Waals surface area contributed by atoms with Crippen LogP contribution in [0.2, 0.25) is 0 Å². The van der Waals surface area contributed by atoms with E-state index in [4.69, 9.17) is 5.11 Å². The van der Waals surface area contributed by atoms with E-state index in [-0.39, 0.29) is 18.4 Å². The number of benzene rings is 1. The number of hydrogen-bond acceptors (Lipinski definition) is 3. The molecule has 0 spiro atoms. The summed E-state index contributed by atoms with van der Waals surface area (Å²) in [7, 11) is 1.58. The molecule has 0 amide bonds. The van der Waals surface area contributed by atoms with Gasteiger partial charge in [0.25, 0.3) is 5.56 Å². The van der Waals surface area contributed by atoms with Crippen molar-refractivity contribution in [2.75, 3.05) is 0 Å². The Morgan fingerprint density at radius 3 is 2.45 bits per heavy atom. The maximum absolute atomic E-state index is 12.0. The Labute approximate surface area is 129 Å². The smallest absolute Gasteiger partial charge is 0.303 e. The first-order valence-electron chi connectivity index (χ1n) is 7.28. The van der Waals surface area contributed by atoms with Crippen LogP contribution in [-0.2, 0) is 18.3 Å². The molecule has 1 aromatic heterocycles. The number of hydrogen-bond donors (Lipinski definition) is 1. The maximum Gasteiger partial charge on any atom is 0.303 e. The quantitative estimate of drug-likeness (QED) is 0.921. The summed E-state index contributed by atoms with van der Waals surface area (Å²) in [6, 6.07) is 9.73. The van der Waals surface area contributed by atoms with E-state index in [1.54, 1.807) is 13.1 Å². The van der Waals surface area contributed by atoms with E-state index in [1.165, 1.54) is 10.2 Å². The van der Waals surface area contributed by atoms with Crippen molar-refractivity contribution < 1.29 is 9.90 Å². The van der Waals surface area contributed by atoms with Crippen molar-refractivity contribution >= 4 is 5.97 Å². The first-order valence-corrected chi connectivity index (χ1v) is 7.28. The van der Waals surface area contributed by atoms with Gasteiger partial charge < -0.3 is 5.11 Å². The minimum absolute atomic E-state index is 0.0645. The molecule has 1 N–H and O–H groups in total. The third-order valence-corrected chi connectivity index (χ3v) is 3.62. The Bertz CT molecular complexity index is 731. The van der Waals surface area contributed by atoms with Gasteiger partial charge in [-0.05, 0) is 24.0 Å². The predicted octanol–water partition coefficient (Wildman–Crippen LogP) is 2.59. The second-order valence-electron chi connectivity index (χ2n) is 5.65. The number of carbonyl (C=O) groups is 1. The standard InChI is InChI=1S/C17H20N2O3/c1-11(2)12-4-6-13(7-5-12)15-10-14(8-9-16(20)21)17(22)19(3)18-15/h4-7,10-11H,8-9H2,1-3H3,(H,20,21). The molecule has 1 heterocycles. The molecule has 0 radical (unpaired) electrons. The third kappa shape index (κ3) is 3.61. The fourth-order valence-electron chi connectivity index (χ4n) is 2.27. The number of aryl methyl sites for hydroxylation is 2. The minimum Gasteiger partial charge on any atom is -0.481 e. The van der Waals surface area contributed by atoms with Gasteiger partial charge in [0.2, 0.25) is 0 Å². The Morgan fingerprint density at radius 1 is 1.27 bits per heavy atom. The summed E-state index contributed by atoms with van der Waals surface area (Å²) < 4.78 is 1.27. The molecule has 0 fully saturated rings. The lowest BCUT2D eigenvalue weighted by Gasteiger charge is -2.09. The largest absolute Gasteiger partial charge is 0.481 e. The summed E-state index contributed by atoms with van der Waals surface area (Å²) in [5.74, 6) is -0.463. The van der Waals surface area contributed by atoms with Crippen molar-refractivity contribution in [1.29, 1.82) is 0 Å². The second kappa shape index (κ2) is 6.56. The van der Waals surface area contributed by atoms with Gasteiger partial charge in [-0.25, -0.2) is 4.68 Å².